The Morgan fingerprint density at radius 2 is 2.05 bits per heavy atom. The van der Waals surface area contributed by atoms with E-state index in [9.17, 15) is 18.3 Å². The Morgan fingerprint density at radius 1 is 1.38 bits per heavy atom. The summed E-state index contributed by atoms with van der Waals surface area (Å²) in [6, 6.07) is 4.45. The number of carboxylic acid groups (broad SMARTS) is 1. The minimum absolute atomic E-state index is 0.201. The molecule has 1 fully saturated rings. The molecule has 0 spiro atoms. The molecular weight excluding hydrogens is 358 g/mol. The van der Waals surface area contributed by atoms with Gasteiger partial charge in [0, 0.05) is 17.1 Å². The highest BCUT2D eigenvalue weighted by atomic mass is 79.9. The first-order valence-electron chi connectivity index (χ1n) is 6.75. The molecule has 2 rings (SSSR count). The summed E-state index contributed by atoms with van der Waals surface area (Å²) < 4.78 is 27.6. The highest BCUT2D eigenvalue weighted by molar-refractivity contribution is 9.10. The molecule has 0 saturated carbocycles. The van der Waals surface area contributed by atoms with Crippen LogP contribution >= 0.6 is 15.9 Å². The van der Waals surface area contributed by atoms with Crippen molar-refractivity contribution in [3.8, 4) is 0 Å². The van der Waals surface area contributed by atoms with Crippen molar-refractivity contribution < 1.29 is 18.3 Å². The van der Waals surface area contributed by atoms with E-state index in [2.05, 4.69) is 15.9 Å². The fraction of sp³-hybridized carbons (Fsp3) is 0.500. The van der Waals surface area contributed by atoms with Crippen molar-refractivity contribution in [1.82, 2.24) is 4.31 Å². The van der Waals surface area contributed by atoms with Crippen LogP contribution in [0.15, 0.2) is 27.6 Å². The Kier molecular flexibility index (Phi) is 4.75. The molecule has 0 aromatic heterocycles. The Morgan fingerprint density at radius 3 is 2.62 bits per heavy atom. The molecule has 0 bridgehead atoms. The van der Waals surface area contributed by atoms with Crippen LogP contribution in [-0.2, 0) is 14.8 Å². The number of hydrogen-bond donors (Lipinski definition) is 1. The first-order chi connectivity index (χ1) is 9.73. The molecule has 0 unspecified atom stereocenters. The van der Waals surface area contributed by atoms with Crippen molar-refractivity contribution in [2.45, 2.75) is 37.6 Å². The third-order valence-corrected chi connectivity index (χ3v) is 6.29. The summed E-state index contributed by atoms with van der Waals surface area (Å²) in [4.78, 5) is 11.5. The maximum atomic E-state index is 12.8. The van der Waals surface area contributed by atoms with Crippen LogP contribution in [-0.4, -0.2) is 36.4 Å². The summed E-state index contributed by atoms with van der Waals surface area (Å²) in [5, 5.41) is 9.22. The van der Waals surface area contributed by atoms with E-state index in [0.29, 0.717) is 23.9 Å². The zero-order valence-electron chi connectivity index (χ0n) is 11.9. The minimum Gasteiger partial charge on any atom is -0.481 e. The Labute approximate surface area is 133 Å². The van der Waals surface area contributed by atoms with Gasteiger partial charge in [0.15, 0.2) is 0 Å². The van der Waals surface area contributed by atoms with E-state index in [1.165, 1.54) is 4.31 Å². The number of aliphatic carboxylic acids is 1. The van der Waals surface area contributed by atoms with E-state index in [1.807, 2.05) is 13.0 Å². The molecule has 1 aromatic rings. The van der Waals surface area contributed by atoms with E-state index in [0.717, 1.165) is 5.56 Å². The third kappa shape index (κ3) is 3.30. The number of sulfonamides is 1. The number of carboxylic acids is 1. The molecule has 1 heterocycles. The van der Waals surface area contributed by atoms with Crippen LogP contribution in [0.25, 0.3) is 0 Å². The summed E-state index contributed by atoms with van der Waals surface area (Å²) >= 11 is 3.30. The molecule has 1 aromatic carbocycles. The van der Waals surface area contributed by atoms with Gasteiger partial charge in [-0.1, -0.05) is 15.9 Å². The van der Waals surface area contributed by atoms with Crippen LogP contribution in [0.5, 0.6) is 0 Å². The Hall–Kier alpha value is -0.920. The first-order valence-corrected chi connectivity index (χ1v) is 8.98. The molecule has 2 atom stereocenters. The fourth-order valence-corrected chi connectivity index (χ4v) is 5.36. The second kappa shape index (κ2) is 6.06. The molecule has 21 heavy (non-hydrogen) atoms. The van der Waals surface area contributed by atoms with Gasteiger partial charge >= 0.3 is 5.97 Å². The number of carbonyl (C=O) groups is 1. The quantitative estimate of drug-likeness (QED) is 0.880. The first kappa shape index (κ1) is 16.5. The lowest BCUT2D eigenvalue weighted by atomic mass is 9.92. The van der Waals surface area contributed by atoms with Crippen molar-refractivity contribution in [2.75, 3.05) is 6.54 Å². The third-order valence-electron chi connectivity index (χ3n) is 3.87. The monoisotopic (exact) mass is 375 g/mol. The van der Waals surface area contributed by atoms with E-state index in [-0.39, 0.29) is 4.90 Å². The molecule has 0 aliphatic carbocycles. The lowest BCUT2D eigenvalue weighted by molar-refractivity contribution is -0.144. The molecule has 7 heteroatoms. The Balaban J connectivity index is 2.40. The normalized spacial score (nSPS) is 24.0. The van der Waals surface area contributed by atoms with Crippen LogP contribution in [0.1, 0.15) is 25.3 Å². The molecule has 116 valence electrons. The number of nitrogens with zero attached hydrogens (tertiary/aromatic N) is 1. The van der Waals surface area contributed by atoms with E-state index >= 15 is 0 Å². The fourth-order valence-electron chi connectivity index (χ4n) is 2.77. The molecule has 5 nitrogen and oxygen atoms in total. The zero-order chi connectivity index (χ0) is 15.8. The summed E-state index contributed by atoms with van der Waals surface area (Å²) in [7, 11) is -3.68. The summed E-state index contributed by atoms with van der Waals surface area (Å²) in [6.45, 7) is 3.85. The van der Waals surface area contributed by atoms with E-state index < -0.39 is 28.0 Å². The summed E-state index contributed by atoms with van der Waals surface area (Å²) in [6.07, 6.45) is 1.08. The van der Waals surface area contributed by atoms with Crippen molar-refractivity contribution in [3.63, 3.8) is 0 Å². The van der Waals surface area contributed by atoms with Gasteiger partial charge in [-0.2, -0.15) is 4.31 Å². The lowest BCUT2D eigenvalue weighted by Gasteiger charge is -2.36. The molecule has 0 amide bonds. The van der Waals surface area contributed by atoms with Gasteiger partial charge < -0.3 is 5.11 Å². The van der Waals surface area contributed by atoms with Crippen LogP contribution in [0.2, 0.25) is 0 Å². The zero-order valence-corrected chi connectivity index (χ0v) is 14.3. The van der Waals surface area contributed by atoms with Gasteiger partial charge in [0.2, 0.25) is 10.0 Å². The van der Waals surface area contributed by atoms with Crippen LogP contribution < -0.4 is 0 Å². The molecular formula is C14H18BrNO4S. The van der Waals surface area contributed by atoms with Gasteiger partial charge in [-0.05, 0) is 50.5 Å². The molecule has 1 aliphatic heterocycles. The number of aryl methyl sites for hydroxylation is 1. The molecule has 0 radical (unpaired) electrons. The molecule has 1 aliphatic rings. The highest BCUT2D eigenvalue weighted by Gasteiger charge is 2.39. The number of hydrogen-bond acceptors (Lipinski definition) is 3. The lowest BCUT2D eigenvalue weighted by Crippen LogP contribution is -2.48. The van der Waals surface area contributed by atoms with Crippen LogP contribution in [0.3, 0.4) is 0 Å². The minimum atomic E-state index is -3.68. The van der Waals surface area contributed by atoms with Crippen molar-refractivity contribution in [2.24, 2.45) is 5.92 Å². The topological polar surface area (TPSA) is 74.7 Å². The number of halogens is 1. The average Bonchev–Trinajstić information content (AvgIpc) is 2.37. The van der Waals surface area contributed by atoms with Gasteiger partial charge in [-0.3, -0.25) is 4.79 Å². The molecule has 1 saturated heterocycles. The standard InChI is InChI=1S/C14H18BrNO4S/c1-9-6-11(15)8-12(7-9)21(19,20)16-5-3-4-13(10(16)2)14(17)18/h6-8,10,13H,3-5H2,1-2H3,(H,17,18)/t10-,13-/m1/s1. The maximum absolute atomic E-state index is 12.8. The summed E-state index contributed by atoms with van der Waals surface area (Å²) in [5.41, 5.74) is 0.836. The van der Waals surface area contributed by atoms with Crippen molar-refractivity contribution in [1.29, 1.82) is 0 Å². The van der Waals surface area contributed by atoms with Crippen LogP contribution in [0.4, 0.5) is 0 Å². The van der Waals surface area contributed by atoms with Crippen molar-refractivity contribution in [3.05, 3.63) is 28.2 Å². The average molecular weight is 376 g/mol. The van der Waals surface area contributed by atoms with E-state index in [4.69, 9.17) is 0 Å². The molecule has 1 N–H and O–H groups in total. The smallest absolute Gasteiger partial charge is 0.308 e. The predicted molar refractivity (Wildman–Crippen MR) is 82.6 cm³/mol. The predicted octanol–water partition coefficient (Wildman–Crippen LogP) is 2.63. The Bertz CT molecular complexity index is 639. The van der Waals surface area contributed by atoms with Gasteiger partial charge in [-0.15, -0.1) is 0 Å². The number of piperidine rings is 1. The van der Waals surface area contributed by atoms with Gasteiger partial charge in [0.25, 0.3) is 0 Å². The number of rotatable bonds is 3. The van der Waals surface area contributed by atoms with Gasteiger partial charge in [0.05, 0.1) is 10.8 Å². The summed E-state index contributed by atoms with van der Waals surface area (Å²) in [5.74, 6) is -1.59. The largest absolute Gasteiger partial charge is 0.481 e. The SMILES string of the molecule is Cc1cc(Br)cc(S(=O)(=O)N2CCC[C@@H](C(=O)O)[C@H]2C)c1. The second-order valence-corrected chi connectivity index (χ2v) is 8.21. The maximum Gasteiger partial charge on any atom is 0.308 e. The van der Waals surface area contributed by atoms with Gasteiger partial charge in [-0.25, -0.2) is 8.42 Å². The highest BCUT2D eigenvalue weighted by Crippen LogP contribution is 2.30. The second-order valence-electron chi connectivity index (χ2n) is 5.41. The van der Waals surface area contributed by atoms with E-state index in [1.54, 1.807) is 19.1 Å². The number of benzene rings is 1. The van der Waals surface area contributed by atoms with Gasteiger partial charge in [0.1, 0.15) is 0 Å². The van der Waals surface area contributed by atoms with Crippen molar-refractivity contribution >= 4 is 31.9 Å². The van der Waals surface area contributed by atoms with Crippen LogP contribution in [0, 0.1) is 12.8 Å².